The molecule has 0 aliphatic rings. The first-order chi connectivity index (χ1) is 16.0. The third-order valence-corrected chi connectivity index (χ3v) is 7.03. The Bertz CT molecular complexity index is 1490. The first-order valence-corrected chi connectivity index (χ1v) is 11.9. The number of anilines is 1. The van der Waals surface area contributed by atoms with Crippen molar-refractivity contribution in [1.82, 2.24) is 4.98 Å². The highest BCUT2D eigenvalue weighted by molar-refractivity contribution is 7.91. The summed E-state index contributed by atoms with van der Waals surface area (Å²) in [5.41, 5.74) is 0.814. The Kier molecular flexibility index (Phi) is 5.94. The molecule has 1 N–H and O–H groups in total. The molecule has 4 rings (SSSR count). The maximum Gasteiger partial charge on any atom is 0.416 e. The predicted molar refractivity (Wildman–Crippen MR) is 121 cm³/mol. The monoisotopic (exact) mass is 488 g/mol. The van der Waals surface area contributed by atoms with E-state index in [2.05, 4.69) is 10.3 Å². The fraction of sp³-hybridized carbons (Fsp3) is 0.167. The van der Waals surface area contributed by atoms with Crippen LogP contribution in [0.25, 0.3) is 22.6 Å². The minimum absolute atomic E-state index is 0.0312. The highest BCUT2D eigenvalue weighted by Gasteiger charge is 2.33. The van der Waals surface area contributed by atoms with Crippen molar-refractivity contribution in [2.75, 3.05) is 11.1 Å². The van der Waals surface area contributed by atoms with Crippen molar-refractivity contribution in [3.63, 3.8) is 0 Å². The summed E-state index contributed by atoms with van der Waals surface area (Å²) in [6, 6.07) is 14.2. The second-order valence-electron chi connectivity index (χ2n) is 7.61. The number of alkyl halides is 3. The van der Waals surface area contributed by atoms with E-state index in [-0.39, 0.29) is 27.7 Å². The van der Waals surface area contributed by atoms with Crippen LogP contribution in [0.5, 0.6) is 0 Å². The largest absolute Gasteiger partial charge is 0.436 e. The summed E-state index contributed by atoms with van der Waals surface area (Å²) < 4.78 is 69.2. The third kappa shape index (κ3) is 4.67. The lowest BCUT2D eigenvalue weighted by Crippen LogP contribution is -2.15. The summed E-state index contributed by atoms with van der Waals surface area (Å²) in [7, 11) is -3.38. The quantitative estimate of drug-likeness (QED) is 0.380. The van der Waals surface area contributed by atoms with Gasteiger partial charge in [-0.05, 0) is 67.1 Å². The third-order valence-electron chi connectivity index (χ3n) is 5.29. The van der Waals surface area contributed by atoms with E-state index < -0.39 is 27.5 Å². The molecule has 10 heteroatoms. The van der Waals surface area contributed by atoms with Crippen LogP contribution in [0.2, 0.25) is 0 Å². The molecule has 3 aromatic carbocycles. The fourth-order valence-corrected chi connectivity index (χ4v) is 4.26. The van der Waals surface area contributed by atoms with E-state index in [1.807, 2.05) is 0 Å². The molecule has 0 unspecified atom stereocenters. The lowest BCUT2D eigenvalue weighted by atomic mass is 10.0. The number of rotatable bonds is 5. The van der Waals surface area contributed by atoms with Crippen molar-refractivity contribution in [2.24, 2.45) is 0 Å². The average molecular weight is 488 g/mol. The lowest BCUT2D eigenvalue weighted by molar-refractivity contribution is -0.138. The molecule has 34 heavy (non-hydrogen) atoms. The van der Waals surface area contributed by atoms with Gasteiger partial charge in [0.05, 0.1) is 16.2 Å². The highest BCUT2D eigenvalue weighted by atomic mass is 32.2. The Labute approximate surface area is 193 Å². The fourth-order valence-electron chi connectivity index (χ4n) is 3.36. The summed E-state index contributed by atoms with van der Waals surface area (Å²) >= 11 is 0. The van der Waals surface area contributed by atoms with Gasteiger partial charge in [-0.25, -0.2) is 13.4 Å². The summed E-state index contributed by atoms with van der Waals surface area (Å²) in [5, 5.41) is 2.57. The molecule has 0 aliphatic carbocycles. The zero-order chi connectivity index (χ0) is 24.7. The van der Waals surface area contributed by atoms with E-state index in [0.29, 0.717) is 22.4 Å². The molecule has 0 spiro atoms. The molecule has 0 saturated heterocycles. The van der Waals surface area contributed by atoms with Crippen LogP contribution in [-0.4, -0.2) is 25.1 Å². The molecule has 0 saturated carbocycles. The van der Waals surface area contributed by atoms with Crippen LogP contribution in [0.3, 0.4) is 0 Å². The molecule has 176 valence electrons. The van der Waals surface area contributed by atoms with Crippen molar-refractivity contribution in [1.29, 1.82) is 0 Å². The smallest absolute Gasteiger partial charge is 0.416 e. The molecule has 1 aromatic heterocycles. The van der Waals surface area contributed by atoms with Gasteiger partial charge >= 0.3 is 6.18 Å². The first kappa shape index (κ1) is 23.5. The molecule has 0 atom stereocenters. The molecule has 1 heterocycles. The summed E-state index contributed by atoms with van der Waals surface area (Å²) in [4.78, 5) is 17.0. The van der Waals surface area contributed by atoms with Gasteiger partial charge in [-0.3, -0.25) is 4.79 Å². The molecule has 6 nitrogen and oxygen atoms in total. The number of nitrogens with one attached hydrogen (secondary N) is 1. The van der Waals surface area contributed by atoms with Gasteiger partial charge in [0.15, 0.2) is 15.4 Å². The normalized spacial score (nSPS) is 12.1. The van der Waals surface area contributed by atoms with Crippen molar-refractivity contribution >= 4 is 32.5 Å². The van der Waals surface area contributed by atoms with Gasteiger partial charge in [-0.2, -0.15) is 13.2 Å². The molecule has 0 bridgehead atoms. The average Bonchev–Trinajstić information content (AvgIpc) is 3.22. The number of carbonyl (C=O) groups is 1. The number of amides is 1. The number of nitrogens with zero attached hydrogens (tertiary/aromatic N) is 1. The maximum atomic E-state index is 13.1. The Morgan fingerprint density at radius 1 is 1.03 bits per heavy atom. The van der Waals surface area contributed by atoms with E-state index in [1.165, 1.54) is 31.2 Å². The zero-order valence-corrected chi connectivity index (χ0v) is 18.9. The van der Waals surface area contributed by atoms with Crippen LogP contribution < -0.4 is 5.32 Å². The van der Waals surface area contributed by atoms with Crippen LogP contribution in [0.4, 0.5) is 18.9 Å². The second-order valence-corrected chi connectivity index (χ2v) is 9.89. The first-order valence-electron chi connectivity index (χ1n) is 10.2. The van der Waals surface area contributed by atoms with Crippen molar-refractivity contribution in [2.45, 2.75) is 24.9 Å². The molecular formula is C24H19F3N2O4S. The molecule has 0 aliphatic heterocycles. The topological polar surface area (TPSA) is 89.3 Å². The number of aromatic nitrogens is 1. The molecule has 0 radical (unpaired) electrons. The second kappa shape index (κ2) is 8.60. The molecule has 1 amide bonds. The Hall–Kier alpha value is -3.66. The van der Waals surface area contributed by atoms with Gasteiger partial charge in [0, 0.05) is 16.8 Å². The van der Waals surface area contributed by atoms with Crippen LogP contribution in [0.1, 0.15) is 28.4 Å². The van der Waals surface area contributed by atoms with Crippen molar-refractivity contribution in [3.8, 4) is 11.5 Å². The maximum absolute atomic E-state index is 13.1. The van der Waals surface area contributed by atoms with E-state index in [1.54, 1.807) is 37.3 Å². The van der Waals surface area contributed by atoms with E-state index in [4.69, 9.17) is 4.42 Å². The highest BCUT2D eigenvalue weighted by Crippen LogP contribution is 2.32. The van der Waals surface area contributed by atoms with Gasteiger partial charge in [-0.1, -0.05) is 13.0 Å². The number of halogens is 3. The van der Waals surface area contributed by atoms with Crippen LogP contribution in [-0.2, 0) is 16.0 Å². The van der Waals surface area contributed by atoms with E-state index in [0.717, 1.165) is 6.07 Å². The van der Waals surface area contributed by atoms with Crippen LogP contribution in [0, 0.1) is 6.92 Å². The number of fused-ring (bicyclic) bond motifs is 1. The van der Waals surface area contributed by atoms with Gasteiger partial charge in [-0.15, -0.1) is 0 Å². The van der Waals surface area contributed by atoms with Crippen LogP contribution >= 0.6 is 0 Å². The Morgan fingerprint density at radius 3 is 2.38 bits per heavy atom. The number of oxazole rings is 1. The lowest BCUT2D eigenvalue weighted by Gasteiger charge is -2.12. The van der Waals surface area contributed by atoms with Gasteiger partial charge in [0.1, 0.15) is 5.52 Å². The van der Waals surface area contributed by atoms with Crippen molar-refractivity contribution in [3.05, 3.63) is 77.4 Å². The van der Waals surface area contributed by atoms with E-state index >= 15 is 0 Å². The van der Waals surface area contributed by atoms with E-state index in [9.17, 15) is 26.4 Å². The molecule has 4 aromatic rings. The van der Waals surface area contributed by atoms with Crippen LogP contribution in [0.15, 0.2) is 70.0 Å². The minimum Gasteiger partial charge on any atom is -0.436 e. The molecule has 0 fully saturated rings. The number of hydrogen-bond donors (Lipinski definition) is 1. The summed E-state index contributed by atoms with van der Waals surface area (Å²) in [6.45, 7) is 2.89. The Balaban J connectivity index is 1.55. The summed E-state index contributed by atoms with van der Waals surface area (Å²) in [6.07, 6.45) is -4.55. The van der Waals surface area contributed by atoms with Gasteiger partial charge in [0.2, 0.25) is 5.89 Å². The van der Waals surface area contributed by atoms with Gasteiger partial charge in [0.25, 0.3) is 5.91 Å². The minimum atomic E-state index is -4.55. The number of hydrogen-bond acceptors (Lipinski definition) is 5. The number of aryl methyl sites for hydroxylation is 1. The van der Waals surface area contributed by atoms with Gasteiger partial charge < -0.3 is 9.73 Å². The predicted octanol–water partition coefficient (Wildman–Crippen LogP) is 5.87. The SMILES string of the molecule is CCS(=O)(=O)c1ccc2oc(-c3ccc(NC(=O)c4ccc(C)c(C(F)(F)F)c4)cc3)nc2c1. The summed E-state index contributed by atoms with van der Waals surface area (Å²) in [5.74, 6) is -0.451. The number of sulfone groups is 1. The van der Waals surface area contributed by atoms with Crippen molar-refractivity contribution < 1.29 is 30.8 Å². The number of carbonyl (C=O) groups excluding carboxylic acids is 1. The Morgan fingerprint density at radius 2 is 1.74 bits per heavy atom. The number of benzene rings is 3. The standard InChI is InChI=1S/C24H19F3N2O4S/c1-3-34(31,32)18-10-11-21-20(13-18)29-23(33-21)15-6-8-17(9-7-15)28-22(30)16-5-4-14(2)19(12-16)24(25,26)27/h4-13H,3H2,1-2H3,(H,28,30). The zero-order valence-electron chi connectivity index (χ0n) is 18.1. The molecular weight excluding hydrogens is 469 g/mol.